The molecule has 0 bridgehead atoms. The van der Waals surface area contributed by atoms with Gasteiger partial charge in [-0.3, -0.25) is 14.5 Å². The van der Waals surface area contributed by atoms with E-state index >= 15 is 0 Å². The Bertz CT molecular complexity index is 991. The number of rotatable bonds is 9. The average Bonchev–Trinajstić information content (AvgIpc) is 2.68. The standard InChI is InChI=1S/C20H26N4O5S/c1-23(2)30(27,28)18-10-8-15(9-11-18)21-19(25)13-24(3)14-20(26)22-16-6-5-7-17(12-16)29-4/h5-12H,13-14H2,1-4H3,(H,21,25)(H,22,26). The Morgan fingerprint density at radius 1 is 0.900 bits per heavy atom. The van der Waals surface area contributed by atoms with Crippen LogP contribution in [0.25, 0.3) is 0 Å². The van der Waals surface area contributed by atoms with Crippen molar-refractivity contribution in [3.63, 3.8) is 0 Å². The first-order valence-electron chi connectivity index (χ1n) is 9.06. The maximum atomic E-state index is 12.2. The Balaban J connectivity index is 1.86. The first-order valence-corrected chi connectivity index (χ1v) is 10.5. The molecule has 0 saturated heterocycles. The molecule has 30 heavy (non-hydrogen) atoms. The lowest BCUT2D eigenvalue weighted by atomic mass is 10.3. The van der Waals surface area contributed by atoms with Crippen LogP contribution in [0.2, 0.25) is 0 Å². The van der Waals surface area contributed by atoms with Crippen molar-refractivity contribution < 1.29 is 22.7 Å². The number of carbonyl (C=O) groups is 2. The van der Waals surface area contributed by atoms with Crippen LogP contribution in [0.1, 0.15) is 0 Å². The number of nitrogens with zero attached hydrogens (tertiary/aromatic N) is 2. The summed E-state index contributed by atoms with van der Waals surface area (Å²) in [6.45, 7) is 0.00786. The number of hydrogen-bond donors (Lipinski definition) is 2. The zero-order chi connectivity index (χ0) is 22.3. The zero-order valence-electron chi connectivity index (χ0n) is 17.4. The van der Waals surface area contributed by atoms with Crippen molar-refractivity contribution in [2.24, 2.45) is 0 Å². The van der Waals surface area contributed by atoms with Crippen molar-refractivity contribution in [2.45, 2.75) is 4.90 Å². The third-order valence-electron chi connectivity index (χ3n) is 4.10. The van der Waals surface area contributed by atoms with Crippen LogP contribution in [0.5, 0.6) is 5.75 Å². The topological polar surface area (TPSA) is 108 Å². The predicted molar refractivity (Wildman–Crippen MR) is 115 cm³/mol. The number of likely N-dealkylation sites (N-methyl/N-ethyl adjacent to an activating group) is 1. The van der Waals surface area contributed by atoms with Crippen molar-refractivity contribution in [3.05, 3.63) is 48.5 Å². The highest BCUT2D eigenvalue weighted by Crippen LogP contribution is 2.17. The van der Waals surface area contributed by atoms with Crippen molar-refractivity contribution in [1.29, 1.82) is 0 Å². The predicted octanol–water partition coefficient (Wildman–Crippen LogP) is 1.45. The molecule has 162 valence electrons. The minimum absolute atomic E-state index is 0.0106. The van der Waals surface area contributed by atoms with E-state index in [4.69, 9.17) is 4.74 Å². The molecule has 2 aromatic rings. The highest BCUT2D eigenvalue weighted by molar-refractivity contribution is 7.89. The number of sulfonamides is 1. The third-order valence-corrected chi connectivity index (χ3v) is 5.93. The second-order valence-corrected chi connectivity index (χ2v) is 8.96. The molecule has 9 nitrogen and oxygen atoms in total. The fourth-order valence-electron chi connectivity index (χ4n) is 2.57. The summed E-state index contributed by atoms with van der Waals surface area (Å²) in [6.07, 6.45) is 0. The van der Waals surface area contributed by atoms with Crippen LogP contribution in [0.3, 0.4) is 0 Å². The highest BCUT2D eigenvalue weighted by Gasteiger charge is 2.17. The second kappa shape index (κ2) is 10.2. The number of methoxy groups -OCH3 is 1. The quantitative estimate of drug-likeness (QED) is 0.619. The van der Waals surface area contributed by atoms with Crippen LogP contribution in [0, 0.1) is 0 Å². The summed E-state index contributed by atoms with van der Waals surface area (Å²) in [5.74, 6) is 0.0385. The van der Waals surface area contributed by atoms with E-state index in [-0.39, 0.29) is 29.8 Å². The molecule has 0 aliphatic carbocycles. The molecule has 0 unspecified atom stereocenters. The van der Waals surface area contributed by atoms with Crippen molar-refractivity contribution in [2.75, 3.05) is 52.0 Å². The molecule has 2 rings (SSSR count). The van der Waals surface area contributed by atoms with Crippen LogP contribution in [0.15, 0.2) is 53.4 Å². The molecule has 0 aliphatic heterocycles. The van der Waals surface area contributed by atoms with Crippen molar-refractivity contribution in [3.8, 4) is 5.75 Å². The molecule has 2 amide bonds. The molecular weight excluding hydrogens is 408 g/mol. The first-order chi connectivity index (χ1) is 14.1. The minimum atomic E-state index is -3.52. The molecule has 0 aliphatic rings. The van der Waals surface area contributed by atoms with E-state index in [1.807, 2.05) is 0 Å². The Labute approximate surface area is 176 Å². The van der Waals surface area contributed by atoms with E-state index in [2.05, 4.69) is 10.6 Å². The van der Waals surface area contributed by atoms with Gasteiger partial charge < -0.3 is 15.4 Å². The van der Waals surface area contributed by atoms with E-state index < -0.39 is 10.0 Å². The number of carbonyl (C=O) groups excluding carboxylic acids is 2. The summed E-state index contributed by atoms with van der Waals surface area (Å²) in [5.41, 5.74) is 1.07. The maximum Gasteiger partial charge on any atom is 0.242 e. The van der Waals surface area contributed by atoms with Gasteiger partial charge in [0.2, 0.25) is 21.8 Å². The van der Waals surface area contributed by atoms with Gasteiger partial charge in [-0.2, -0.15) is 0 Å². The molecular formula is C20H26N4O5S. The van der Waals surface area contributed by atoms with Gasteiger partial charge in [-0.05, 0) is 43.4 Å². The van der Waals surface area contributed by atoms with Gasteiger partial charge in [0.05, 0.1) is 25.1 Å². The van der Waals surface area contributed by atoms with Gasteiger partial charge in [-0.15, -0.1) is 0 Å². The highest BCUT2D eigenvalue weighted by atomic mass is 32.2. The molecule has 0 aromatic heterocycles. The molecule has 0 heterocycles. The third kappa shape index (κ3) is 6.55. The maximum absolute atomic E-state index is 12.2. The SMILES string of the molecule is COc1cccc(NC(=O)CN(C)CC(=O)Nc2ccc(S(=O)(=O)N(C)C)cc2)c1. The fourth-order valence-corrected chi connectivity index (χ4v) is 3.47. The lowest BCUT2D eigenvalue weighted by Crippen LogP contribution is -2.36. The molecule has 0 fully saturated rings. The van der Waals surface area contributed by atoms with Gasteiger partial charge in [0, 0.05) is 31.5 Å². The van der Waals surface area contributed by atoms with Gasteiger partial charge in [0.1, 0.15) is 5.75 Å². The number of amides is 2. The van der Waals surface area contributed by atoms with Gasteiger partial charge in [0.15, 0.2) is 0 Å². The van der Waals surface area contributed by atoms with Gasteiger partial charge in [-0.25, -0.2) is 12.7 Å². The monoisotopic (exact) mass is 434 g/mol. The number of ether oxygens (including phenoxy) is 1. The number of hydrogen-bond acceptors (Lipinski definition) is 6. The number of benzene rings is 2. The smallest absolute Gasteiger partial charge is 0.242 e. The summed E-state index contributed by atoms with van der Waals surface area (Å²) in [6, 6.07) is 12.9. The van der Waals surface area contributed by atoms with Crippen LogP contribution in [-0.2, 0) is 19.6 Å². The minimum Gasteiger partial charge on any atom is -0.497 e. The lowest BCUT2D eigenvalue weighted by molar-refractivity contribution is -0.119. The van der Waals surface area contributed by atoms with E-state index in [0.29, 0.717) is 17.1 Å². The summed E-state index contributed by atoms with van der Waals surface area (Å²) < 4.78 is 30.4. The van der Waals surface area contributed by atoms with E-state index in [1.54, 1.807) is 43.3 Å². The summed E-state index contributed by atoms with van der Waals surface area (Å²) in [4.78, 5) is 26.1. The van der Waals surface area contributed by atoms with Gasteiger partial charge >= 0.3 is 0 Å². The summed E-state index contributed by atoms with van der Waals surface area (Å²) in [7, 11) is 2.57. The molecule has 0 atom stereocenters. The molecule has 2 N–H and O–H groups in total. The van der Waals surface area contributed by atoms with Crippen LogP contribution < -0.4 is 15.4 Å². The second-order valence-electron chi connectivity index (χ2n) is 6.81. The van der Waals surface area contributed by atoms with Crippen molar-refractivity contribution in [1.82, 2.24) is 9.21 Å². The molecule has 10 heteroatoms. The number of nitrogens with one attached hydrogen (secondary N) is 2. The fraction of sp³-hybridized carbons (Fsp3) is 0.300. The van der Waals surface area contributed by atoms with Crippen molar-refractivity contribution >= 4 is 33.2 Å². The Morgan fingerprint density at radius 3 is 2.00 bits per heavy atom. The zero-order valence-corrected chi connectivity index (χ0v) is 18.2. The normalized spacial score (nSPS) is 11.4. The van der Waals surface area contributed by atoms with E-state index in [9.17, 15) is 18.0 Å². The summed E-state index contributed by atoms with van der Waals surface area (Å²) >= 11 is 0. The van der Waals surface area contributed by atoms with E-state index in [0.717, 1.165) is 4.31 Å². The Hall–Kier alpha value is -2.95. The summed E-state index contributed by atoms with van der Waals surface area (Å²) in [5, 5.41) is 5.43. The Kier molecular flexibility index (Phi) is 7.93. The van der Waals surface area contributed by atoms with Crippen LogP contribution in [0.4, 0.5) is 11.4 Å². The molecule has 2 aromatic carbocycles. The van der Waals surface area contributed by atoms with Gasteiger partial charge in [0.25, 0.3) is 0 Å². The van der Waals surface area contributed by atoms with Gasteiger partial charge in [-0.1, -0.05) is 6.07 Å². The van der Waals surface area contributed by atoms with E-state index in [1.165, 1.54) is 38.4 Å². The average molecular weight is 435 g/mol. The molecule has 0 spiro atoms. The van der Waals surface area contributed by atoms with Crippen LogP contribution >= 0.6 is 0 Å². The van der Waals surface area contributed by atoms with Crippen LogP contribution in [-0.4, -0.2) is 70.8 Å². The molecule has 0 saturated carbocycles. The number of anilines is 2. The largest absolute Gasteiger partial charge is 0.497 e. The Morgan fingerprint density at radius 2 is 1.47 bits per heavy atom. The lowest BCUT2D eigenvalue weighted by Gasteiger charge is -2.16. The first kappa shape index (κ1) is 23.3. The molecule has 0 radical (unpaired) electrons.